The van der Waals surface area contributed by atoms with Crippen molar-refractivity contribution in [3.63, 3.8) is 0 Å². The number of methoxy groups -OCH3 is 1. The highest BCUT2D eigenvalue weighted by Crippen LogP contribution is 2.29. The van der Waals surface area contributed by atoms with Crippen LogP contribution in [0.2, 0.25) is 0 Å². The van der Waals surface area contributed by atoms with Crippen LogP contribution >= 0.6 is 0 Å². The third-order valence-electron chi connectivity index (χ3n) is 2.81. The number of hydrogen-bond acceptors (Lipinski definition) is 6. The molecule has 0 bridgehead atoms. The van der Waals surface area contributed by atoms with Gasteiger partial charge in [0.25, 0.3) is 0 Å². The van der Waals surface area contributed by atoms with Crippen molar-refractivity contribution in [1.82, 2.24) is 9.97 Å². The molecule has 6 nitrogen and oxygen atoms in total. The van der Waals surface area contributed by atoms with Crippen LogP contribution in [0.25, 0.3) is 0 Å². The number of nitrogen functional groups attached to an aromatic ring is 1. The van der Waals surface area contributed by atoms with E-state index in [2.05, 4.69) is 9.97 Å². The summed E-state index contributed by atoms with van der Waals surface area (Å²) in [6, 6.07) is 0.321. The van der Waals surface area contributed by atoms with Gasteiger partial charge in [-0.3, -0.25) is 0 Å². The van der Waals surface area contributed by atoms with E-state index in [-0.39, 0.29) is 0 Å². The largest absolute Gasteiger partial charge is 0.479 e. The van der Waals surface area contributed by atoms with E-state index in [1.807, 2.05) is 11.9 Å². The van der Waals surface area contributed by atoms with Gasteiger partial charge < -0.3 is 20.1 Å². The van der Waals surface area contributed by atoms with Gasteiger partial charge in [0.05, 0.1) is 19.8 Å². The second kappa shape index (κ2) is 4.52. The molecule has 88 valence electrons. The molecular formula is C10H16N4O2. The normalized spacial score (nSPS) is 19.8. The van der Waals surface area contributed by atoms with Crippen molar-refractivity contribution in [3.8, 4) is 5.88 Å². The molecule has 0 aromatic carbocycles. The van der Waals surface area contributed by atoms with Gasteiger partial charge in [0, 0.05) is 13.7 Å². The molecule has 1 saturated heterocycles. The predicted molar refractivity (Wildman–Crippen MR) is 60.6 cm³/mol. The molecule has 1 fully saturated rings. The van der Waals surface area contributed by atoms with Gasteiger partial charge in [0.2, 0.25) is 5.88 Å². The Hall–Kier alpha value is -1.56. The minimum absolute atomic E-state index is 0.321. The molecule has 16 heavy (non-hydrogen) atoms. The molecule has 1 aromatic rings. The maximum absolute atomic E-state index is 5.93. The van der Waals surface area contributed by atoms with Crippen LogP contribution in [0.15, 0.2) is 6.33 Å². The van der Waals surface area contributed by atoms with Gasteiger partial charge in [-0.2, -0.15) is 4.98 Å². The minimum Gasteiger partial charge on any atom is -0.479 e. The van der Waals surface area contributed by atoms with Crippen LogP contribution in [0.3, 0.4) is 0 Å². The molecule has 1 aliphatic heterocycles. The summed E-state index contributed by atoms with van der Waals surface area (Å²) in [7, 11) is 3.50. The predicted octanol–water partition coefficient (Wildman–Crippen LogP) is 0.293. The second-order valence-electron chi connectivity index (χ2n) is 3.75. The van der Waals surface area contributed by atoms with Crippen molar-refractivity contribution in [2.45, 2.75) is 12.5 Å². The number of hydrogen-bond donors (Lipinski definition) is 1. The first-order valence-corrected chi connectivity index (χ1v) is 5.19. The molecule has 6 heteroatoms. The van der Waals surface area contributed by atoms with Gasteiger partial charge in [0.15, 0.2) is 5.82 Å². The molecule has 0 radical (unpaired) electrons. The fourth-order valence-corrected chi connectivity index (χ4v) is 1.81. The van der Waals surface area contributed by atoms with E-state index in [9.17, 15) is 0 Å². The molecule has 0 amide bonds. The Morgan fingerprint density at radius 3 is 3.00 bits per heavy atom. The van der Waals surface area contributed by atoms with E-state index in [0.717, 1.165) is 13.0 Å². The van der Waals surface area contributed by atoms with E-state index in [0.29, 0.717) is 30.0 Å². The lowest BCUT2D eigenvalue weighted by Crippen LogP contribution is -2.33. The molecule has 1 aromatic heterocycles. The molecule has 1 atom stereocenters. The SMILES string of the molecule is COc1ncnc(N(C)C2CCOC2)c1N. The first-order valence-electron chi connectivity index (χ1n) is 5.19. The van der Waals surface area contributed by atoms with E-state index < -0.39 is 0 Å². The number of nitrogens with two attached hydrogens (primary N) is 1. The molecule has 0 spiro atoms. The summed E-state index contributed by atoms with van der Waals surface area (Å²) in [5.74, 6) is 1.11. The fraction of sp³-hybridized carbons (Fsp3) is 0.600. The highest BCUT2D eigenvalue weighted by atomic mass is 16.5. The molecule has 2 rings (SSSR count). The minimum atomic E-state index is 0.321. The molecule has 0 saturated carbocycles. The van der Waals surface area contributed by atoms with Crippen molar-refractivity contribution in [1.29, 1.82) is 0 Å². The first-order chi connectivity index (χ1) is 7.74. The van der Waals surface area contributed by atoms with Crippen LogP contribution in [-0.2, 0) is 4.74 Å². The number of anilines is 2. The molecule has 1 unspecified atom stereocenters. The van der Waals surface area contributed by atoms with Gasteiger partial charge in [-0.05, 0) is 6.42 Å². The highest BCUT2D eigenvalue weighted by Gasteiger charge is 2.23. The Bertz CT molecular complexity index is 366. The number of ether oxygens (including phenoxy) is 2. The van der Waals surface area contributed by atoms with Gasteiger partial charge >= 0.3 is 0 Å². The van der Waals surface area contributed by atoms with Crippen LogP contribution in [0.4, 0.5) is 11.5 Å². The van der Waals surface area contributed by atoms with Crippen LogP contribution in [0.1, 0.15) is 6.42 Å². The summed E-state index contributed by atoms with van der Waals surface area (Å²) in [5, 5.41) is 0. The van der Waals surface area contributed by atoms with Crippen molar-refractivity contribution in [2.24, 2.45) is 0 Å². The third-order valence-corrected chi connectivity index (χ3v) is 2.81. The molecule has 1 aliphatic rings. The summed E-state index contributed by atoms with van der Waals surface area (Å²) >= 11 is 0. The zero-order valence-corrected chi connectivity index (χ0v) is 9.51. The summed E-state index contributed by atoms with van der Waals surface area (Å²) in [6.07, 6.45) is 2.44. The number of likely N-dealkylation sites (N-methyl/N-ethyl adjacent to an activating group) is 1. The average Bonchev–Trinajstić information content (AvgIpc) is 2.82. The lowest BCUT2D eigenvalue weighted by molar-refractivity contribution is 0.193. The summed E-state index contributed by atoms with van der Waals surface area (Å²) in [6.45, 7) is 1.50. The van der Waals surface area contributed by atoms with E-state index in [1.54, 1.807) is 7.11 Å². The van der Waals surface area contributed by atoms with Crippen LogP contribution in [-0.4, -0.2) is 43.4 Å². The molecule has 0 aliphatic carbocycles. The molecule has 2 N–H and O–H groups in total. The molecular weight excluding hydrogens is 208 g/mol. The zero-order chi connectivity index (χ0) is 11.5. The van der Waals surface area contributed by atoms with E-state index in [4.69, 9.17) is 15.2 Å². The maximum atomic E-state index is 5.93. The van der Waals surface area contributed by atoms with Gasteiger partial charge in [0.1, 0.15) is 12.0 Å². The first kappa shape index (κ1) is 10.9. The lowest BCUT2D eigenvalue weighted by atomic mass is 10.2. The van der Waals surface area contributed by atoms with Crippen LogP contribution < -0.4 is 15.4 Å². The van der Waals surface area contributed by atoms with Crippen molar-refractivity contribution >= 4 is 11.5 Å². The highest BCUT2D eigenvalue weighted by molar-refractivity contribution is 5.67. The van der Waals surface area contributed by atoms with Gasteiger partial charge in [-0.15, -0.1) is 0 Å². The Morgan fingerprint density at radius 2 is 2.38 bits per heavy atom. The Balaban J connectivity index is 2.25. The van der Waals surface area contributed by atoms with Crippen molar-refractivity contribution in [2.75, 3.05) is 38.0 Å². The summed E-state index contributed by atoms with van der Waals surface area (Å²) in [5.41, 5.74) is 6.40. The smallest absolute Gasteiger partial charge is 0.242 e. The summed E-state index contributed by atoms with van der Waals surface area (Å²) < 4.78 is 10.4. The van der Waals surface area contributed by atoms with Crippen molar-refractivity contribution in [3.05, 3.63) is 6.33 Å². The summed E-state index contributed by atoms with van der Waals surface area (Å²) in [4.78, 5) is 10.2. The Kier molecular flexibility index (Phi) is 3.09. The van der Waals surface area contributed by atoms with E-state index in [1.165, 1.54) is 6.33 Å². The standard InChI is InChI=1S/C10H16N4O2/c1-14(7-3-4-16-5-7)9-8(11)10(15-2)13-6-12-9/h6-7H,3-5,11H2,1-2H3. The number of rotatable bonds is 3. The van der Waals surface area contributed by atoms with Crippen LogP contribution in [0.5, 0.6) is 5.88 Å². The average molecular weight is 224 g/mol. The van der Waals surface area contributed by atoms with Gasteiger partial charge in [-0.25, -0.2) is 4.98 Å². The zero-order valence-electron chi connectivity index (χ0n) is 9.51. The maximum Gasteiger partial charge on any atom is 0.242 e. The molecule has 2 heterocycles. The monoisotopic (exact) mass is 224 g/mol. The lowest BCUT2D eigenvalue weighted by Gasteiger charge is -2.25. The van der Waals surface area contributed by atoms with Crippen LogP contribution in [0, 0.1) is 0 Å². The number of nitrogens with zero attached hydrogens (tertiary/aromatic N) is 3. The second-order valence-corrected chi connectivity index (χ2v) is 3.75. The van der Waals surface area contributed by atoms with E-state index >= 15 is 0 Å². The van der Waals surface area contributed by atoms with Gasteiger partial charge in [-0.1, -0.05) is 0 Å². The quantitative estimate of drug-likeness (QED) is 0.795. The Morgan fingerprint density at radius 1 is 1.56 bits per heavy atom. The number of aromatic nitrogens is 2. The Labute approximate surface area is 94.4 Å². The fourth-order valence-electron chi connectivity index (χ4n) is 1.81. The third kappa shape index (κ3) is 1.88. The van der Waals surface area contributed by atoms with Crippen molar-refractivity contribution < 1.29 is 9.47 Å². The topological polar surface area (TPSA) is 73.5 Å².